The highest BCUT2D eigenvalue weighted by atomic mass is 19.3. The lowest BCUT2D eigenvalue weighted by Crippen LogP contribution is -2.22. The zero-order valence-electron chi connectivity index (χ0n) is 17.8. The Morgan fingerprint density at radius 1 is 1.03 bits per heavy atom. The van der Waals surface area contributed by atoms with Crippen molar-refractivity contribution in [1.29, 1.82) is 0 Å². The molecule has 3 aromatic rings. The maximum absolute atomic E-state index is 12.3. The molecule has 0 radical (unpaired) electrons. The molecule has 8 nitrogen and oxygen atoms in total. The number of nitrogens with one attached hydrogen (secondary N) is 2. The fourth-order valence-corrected chi connectivity index (χ4v) is 3.99. The maximum atomic E-state index is 12.3. The van der Waals surface area contributed by atoms with Crippen LogP contribution in [0.5, 0.6) is 5.75 Å². The zero-order valence-corrected chi connectivity index (χ0v) is 17.8. The number of hydrogen-bond acceptors (Lipinski definition) is 7. The first kappa shape index (κ1) is 21.7. The van der Waals surface area contributed by atoms with Gasteiger partial charge < -0.3 is 15.4 Å². The van der Waals surface area contributed by atoms with Crippen LogP contribution in [0.4, 0.5) is 20.5 Å². The summed E-state index contributed by atoms with van der Waals surface area (Å²) in [4.78, 5) is 24.9. The standard InChI is InChI=1S/C22H24F2N6O2/c1-13-7-14(2)30(20(31)8-13)17-5-6-19(25-10-17)28-15-3-4-16(9-15)29-22-26-11-18(12-27-22)32-21(23)24/h5-8,10-12,15-16,21H,3-4,9H2,1-2H3,(H,25,28)(H,26,27,29)/t15-,16-/m0/s1. The third-order valence-corrected chi connectivity index (χ3v) is 5.34. The molecule has 0 aromatic carbocycles. The summed E-state index contributed by atoms with van der Waals surface area (Å²) in [6, 6.07) is 7.68. The molecular weight excluding hydrogens is 418 g/mol. The van der Waals surface area contributed by atoms with E-state index in [-0.39, 0.29) is 23.4 Å². The number of rotatable bonds is 7. The molecule has 0 spiro atoms. The Hall–Kier alpha value is -3.56. The molecule has 1 fully saturated rings. The molecule has 168 valence electrons. The van der Waals surface area contributed by atoms with E-state index in [1.165, 1.54) is 12.4 Å². The SMILES string of the molecule is Cc1cc(C)n(-c2ccc(N[C@H]3CC[C@H](Nc4ncc(OC(F)F)cn4)C3)nc2)c(=O)c1. The quantitative estimate of drug-likeness (QED) is 0.576. The fraction of sp³-hybridized carbons (Fsp3) is 0.364. The molecule has 0 amide bonds. The van der Waals surface area contributed by atoms with Crippen LogP contribution in [0.3, 0.4) is 0 Å². The molecule has 3 heterocycles. The van der Waals surface area contributed by atoms with Crippen molar-refractivity contribution in [3.63, 3.8) is 0 Å². The second-order valence-electron chi connectivity index (χ2n) is 7.87. The van der Waals surface area contributed by atoms with Crippen molar-refractivity contribution in [3.05, 3.63) is 64.5 Å². The molecule has 1 aliphatic carbocycles. The Bertz CT molecular complexity index is 1120. The monoisotopic (exact) mass is 442 g/mol. The first-order valence-electron chi connectivity index (χ1n) is 10.3. The van der Waals surface area contributed by atoms with E-state index in [9.17, 15) is 13.6 Å². The lowest BCUT2D eigenvalue weighted by atomic mass is 10.2. The molecular formula is C22H24F2N6O2. The van der Waals surface area contributed by atoms with Crippen molar-refractivity contribution in [1.82, 2.24) is 19.5 Å². The Morgan fingerprint density at radius 3 is 2.38 bits per heavy atom. The molecule has 3 aromatic heterocycles. The molecule has 10 heteroatoms. The fourth-order valence-electron chi connectivity index (χ4n) is 3.99. The normalized spacial score (nSPS) is 18.0. The van der Waals surface area contributed by atoms with Crippen LogP contribution in [0.1, 0.15) is 30.5 Å². The first-order chi connectivity index (χ1) is 15.4. The van der Waals surface area contributed by atoms with Crippen LogP contribution in [-0.2, 0) is 0 Å². The Balaban J connectivity index is 1.33. The maximum Gasteiger partial charge on any atom is 0.387 e. The molecule has 0 bridgehead atoms. The average molecular weight is 442 g/mol. The number of aromatic nitrogens is 4. The number of ether oxygens (including phenoxy) is 1. The molecule has 1 aliphatic rings. The minimum absolute atomic E-state index is 0.0749. The van der Waals surface area contributed by atoms with E-state index < -0.39 is 6.61 Å². The van der Waals surface area contributed by atoms with E-state index in [0.29, 0.717) is 5.95 Å². The molecule has 4 rings (SSSR count). The summed E-state index contributed by atoms with van der Waals surface area (Å²) in [5.41, 5.74) is 2.44. The van der Waals surface area contributed by atoms with E-state index in [0.717, 1.165) is 42.0 Å². The number of alkyl halides is 2. The van der Waals surface area contributed by atoms with Crippen LogP contribution in [0.15, 0.2) is 47.7 Å². The van der Waals surface area contributed by atoms with Crippen molar-refractivity contribution >= 4 is 11.8 Å². The summed E-state index contributed by atoms with van der Waals surface area (Å²) < 4.78 is 30.3. The molecule has 0 aliphatic heterocycles. The minimum atomic E-state index is -2.90. The van der Waals surface area contributed by atoms with Gasteiger partial charge in [0.2, 0.25) is 5.95 Å². The van der Waals surface area contributed by atoms with Crippen LogP contribution < -0.4 is 20.9 Å². The molecule has 1 saturated carbocycles. The number of nitrogens with zero attached hydrogens (tertiary/aromatic N) is 4. The van der Waals surface area contributed by atoms with E-state index in [4.69, 9.17) is 0 Å². The zero-order chi connectivity index (χ0) is 22.7. The van der Waals surface area contributed by atoms with Crippen molar-refractivity contribution in [3.8, 4) is 11.4 Å². The predicted octanol–water partition coefficient (Wildman–Crippen LogP) is 3.69. The van der Waals surface area contributed by atoms with E-state index in [1.54, 1.807) is 16.8 Å². The molecule has 32 heavy (non-hydrogen) atoms. The number of aryl methyl sites for hydroxylation is 2. The highest BCUT2D eigenvalue weighted by molar-refractivity contribution is 5.43. The van der Waals surface area contributed by atoms with Gasteiger partial charge in [0.25, 0.3) is 5.56 Å². The van der Waals surface area contributed by atoms with Gasteiger partial charge in [-0.3, -0.25) is 9.36 Å². The summed E-state index contributed by atoms with van der Waals surface area (Å²) in [6.45, 7) is 0.898. The highest BCUT2D eigenvalue weighted by Gasteiger charge is 2.25. The van der Waals surface area contributed by atoms with Crippen LogP contribution >= 0.6 is 0 Å². The Kier molecular flexibility index (Phi) is 6.29. The summed E-state index contributed by atoms with van der Waals surface area (Å²) >= 11 is 0. The first-order valence-corrected chi connectivity index (χ1v) is 10.3. The van der Waals surface area contributed by atoms with Crippen LogP contribution in [0, 0.1) is 13.8 Å². The molecule has 2 N–H and O–H groups in total. The van der Waals surface area contributed by atoms with Crippen LogP contribution in [-0.4, -0.2) is 38.2 Å². The van der Waals surface area contributed by atoms with Gasteiger partial charge in [-0.05, 0) is 56.9 Å². The van der Waals surface area contributed by atoms with Gasteiger partial charge in [0.1, 0.15) is 5.82 Å². The number of halogens is 2. The smallest absolute Gasteiger partial charge is 0.387 e. The summed E-state index contributed by atoms with van der Waals surface area (Å²) in [5.74, 6) is 1.04. The van der Waals surface area contributed by atoms with Crippen LogP contribution in [0.25, 0.3) is 5.69 Å². The minimum Gasteiger partial charge on any atom is -0.432 e. The van der Waals surface area contributed by atoms with Gasteiger partial charge in [0.15, 0.2) is 5.75 Å². The van der Waals surface area contributed by atoms with Gasteiger partial charge in [0, 0.05) is 23.8 Å². The number of anilines is 2. The van der Waals surface area contributed by atoms with Crippen molar-refractivity contribution in [2.75, 3.05) is 10.6 Å². The number of pyridine rings is 2. The third-order valence-electron chi connectivity index (χ3n) is 5.34. The average Bonchev–Trinajstić information content (AvgIpc) is 3.16. The Labute approximate surface area is 183 Å². The van der Waals surface area contributed by atoms with Gasteiger partial charge in [-0.2, -0.15) is 8.78 Å². The summed E-state index contributed by atoms with van der Waals surface area (Å²) in [6.07, 6.45) is 6.81. The second kappa shape index (κ2) is 9.29. The lowest BCUT2D eigenvalue weighted by Gasteiger charge is -2.16. The van der Waals surface area contributed by atoms with E-state index in [1.807, 2.05) is 32.0 Å². The molecule has 2 atom stereocenters. The highest BCUT2D eigenvalue weighted by Crippen LogP contribution is 2.25. The lowest BCUT2D eigenvalue weighted by molar-refractivity contribution is -0.0503. The van der Waals surface area contributed by atoms with Gasteiger partial charge in [0.05, 0.1) is 24.3 Å². The topological polar surface area (TPSA) is 94.0 Å². The van der Waals surface area contributed by atoms with Crippen molar-refractivity contribution in [2.45, 2.75) is 51.8 Å². The van der Waals surface area contributed by atoms with Gasteiger partial charge in [-0.25, -0.2) is 15.0 Å². The number of hydrogen-bond donors (Lipinski definition) is 2. The van der Waals surface area contributed by atoms with Crippen LogP contribution in [0.2, 0.25) is 0 Å². The third kappa shape index (κ3) is 5.19. The summed E-state index contributed by atoms with van der Waals surface area (Å²) in [5, 5.41) is 6.64. The Morgan fingerprint density at radius 2 is 1.75 bits per heavy atom. The van der Waals surface area contributed by atoms with Gasteiger partial charge in [-0.1, -0.05) is 0 Å². The largest absolute Gasteiger partial charge is 0.432 e. The second-order valence-corrected chi connectivity index (χ2v) is 7.87. The van der Waals surface area contributed by atoms with Gasteiger partial charge in [-0.15, -0.1) is 0 Å². The molecule has 0 saturated heterocycles. The van der Waals surface area contributed by atoms with Crippen molar-refractivity contribution in [2.24, 2.45) is 0 Å². The van der Waals surface area contributed by atoms with E-state index in [2.05, 4.69) is 30.3 Å². The predicted molar refractivity (Wildman–Crippen MR) is 117 cm³/mol. The van der Waals surface area contributed by atoms with Crippen molar-refractivity contribution < 1.29 is 13.5 Å². The molecule has 0 unspecified atom stereocenters. The van der Waals surface area contributed by atoms with E-state index >= 15 is 0 Å². The van der Waals surface area contributed by atoms with Gasteiger partial charge >= 0.3 is 6.61 Å². The summed E-state index contributed by atoms with van der Waals surface area (Å²) in [7, 11) is 0.